The first-order valence-electron chi connectivity index (χ1n) is 12.2. The van der Waals surface area contributed by atoms with E-state index in [2.05, 4.69) is 92.7 Å². The molecule has 0 bridgehead atoms. The minimum atomic E-state index is 0.654. The number of hydrogen-bond acceptors (Lipinski definition) is 0. The van der Waals surface area contributed by atoms with E-state index in [0.717, 1.165) is 12.8 Å². The maximum absolute atomic E-state index is 2.44. The van der Waals surface area contributed by atoms with Gasteiger partial charge >= 0.3 is 0 Å². The first kappa shape index (κ1) is 21.6. The Balaban J connectivity index is 1.42. The molecule has 0 aromatic heterocycles. The molecule has 0 saturated heterocycles. The van der Waals surface area contributed by atoms with Gasteiger partial charge in [-0.15, -0.1) is 0 Å². The van der Waals surface area contributed by atoms with Crippen LogP contribution in [0.5, 0.6) is 0 Å². The molecule has 0 heteroatoms. The molecular formula is C31H36. The van der Waals surface area contributed by atoms with Gasteiger partial charge in [0.1, 0.15) is 0 Å². The number of benzene rings is 3. The lowest BCUT2D eigenvalue weighted by molar-refractivity contribution is 0.585. The smallest absolute Gasteiger partial charge is 0.0118 e. The molecule has 160 valence electrons. The summed E-state index contributed by atoms with van der Waals surface area (Å²) in [7, 11) is 0. The third kappa shape index (κ3) is 5.56. The maximum Gasteiger partial charge on any atom is -0.0118 e. The van der Waals surface area contributed by atoms with Crippen LogP contribution >= 0.6 is 0 Å². The Hall–Kier alpha value is -2.60. The van der Waals surface area contributed by atoms with Crippen molar-refractivity contribution in [3.63, 3.8) is 0 Å². The van der Waals surface area contributed by atoms with E-state index in [-0.39, 0.29) is 0 Å². The van der Waals surface area contributed by atoms with Gasteiger partial charge in [-0.05, 0) is 96.7 Å². The molecule has 0 spiro atoms. The third-order valence-corrected chi connectivity index (χ3v) is 6.83. The predicted molar refractivity (Wildman–Crippen MR) is 135 cm³/mol. The molecule has 1 aliphatic carbocycles. The lowest BCUT2D eigenvalue weighted by Crippen LogP contribution is -2.13. The zero-order chi connectivity index (χ0) is 21.5. The van der Waals surface area contributed by atoms with Gasteiger partial charge in [0.2, 0.25) is 0 Å². The molecular weight excluding hydrogens is 372 g/mol. The van der Waals surface area contributed by atoms with E-state index < -0.39 is 0 Å². The molecule has 0 N–H and O–H groups in total. The normalized spacial score (nSPS) is 15.9. The molecule has 0 heterocycles. The zero-order valence-corrected chi connectivity index (χ0v) is 19.2. The van der Waals surface area contributed by atoms with Crippen LogP contribution in [0.15, 0.2) is 78.9 Å². The van der Waals surface area contributed by atoms with Crippen LogP contribution in [0.4, 0.5) is 0 Å². The van der Waals surface area contributed by atoms with Crippen LogP contribution in [0.1, 0.15) is 73.3 Å². The lowest BCUT2D eigenvalue weighted by Gasteiger charge is -2.26. The van der Waals surface area contributed by atoms with Crippen molar-refractivity contribution < 1.29 is 0 Å². The molecule has 31 heavy (non-hydrogen) atoms. The van der Waals surface area contributed by atoms with Gasteiger partial charge in [-0.3, -0.25) is 0 Å². The van der Waals surface area contributed by atoms with Crippen LogP contribution in [0, 0.1) is 0 Å². The Morgan fingerprint density at radius 1 is 0.806 bits per heavy atom. The van der Waals surface area contributed by atoms with Crippen LogP contribution < -0.4 is 0 Å². The minimum absolute atomic E-state index is 0.654. The fraction of sp³-hybridized carbons (Fsp3) is 0.355. The quantitative estimate of drug-likeness (QED) is 0.328. The summed E-state index contributed by atoms with van der Waals surface area (Å²) in [5, 5.41) is 0. The Bertz CT molecular complexity index is 989. The summed E-state index contributed by atoms with van der Waals surface area (Å²) in [6, 6.07) is 25.8. The van der Waals surface area contributed by atoms with Gasteiger partial charge < -0.3 is 0 Å². The molecule has 0 aliphatic heterocycles. The second-order valence-electron chi connectivity index (χ2n) is 9.07. The van der Waals surface area contributed by atoms with Gasteiger partial charge in [0.25, 0.3) is 0 Å². The number of aryl methyl sites for hydroxylation is 3. The fourth-order valence-electron chi connectivity index (χ4n) is 4.84. The highest BCUT2D eigenvalue weighted by atomic mass is 14.2. The van der Waals surface area contributed by atoms with Crippen LogP contribution in [0.2, 0.25) is 0 Å². The number of hydrogen-bond donors (Lipinski definition) is 0. The molecule has 3 aromatic rings. The van der Waals surface area contributed by atoms with Gasteiger partial charge in [-0.1, -0.05) is 92.2 Å². The monoisotopic (exact) mass is 408 g/mol. The van der Waals surface area contributed by atoms with Crippen molar-refractivity contribution in [2.75, 3.05) is 0 Å². The second-order valence-corrected chi connectivity index (χ2v) is 9.07. The molecule has 0 fully saturated rings. The SMILES string of the molecule is C/C=C/CCc1ccc(C2CCc3cc(-c4ccc(CCCC)cc4)ccc3C2)cc1. The number of rotatable bonds is 8. The topological polar surface area (TPSA) is 0 Å². The van der Waals surface area contributed by atoms with Gasteiger partial charge in [-0.25, -0.2) is 0 Å². The van der Waals surface area contributed by atoms with Crippen molar-refractivity contribution in [1.29, 1.82) is 0 Å². The first-order chi connectivity index (χ1) is 15.3. The van der Waals surface area contributed by atoms with E-state index in [4.69, 9.17) is 0 Å². The van der Waals surface area contributed by atoms with Crippen LogP contribution in [-0.2, 0) is 25.7 Å². The van der Waals surface area contributed by atoms with Gasteiger partial charge in [0.15, 0.2) is 0 Å². The summed E-state index contributed by atoms with van der Waals surface area (Å²) in [5.74, 6) is 0.654. The van der Waals surface area contributed by atoms with Crippen LogP contribution in [0.25, 0.3) is 11.1 Å². The highest BCUT2D eigenvalue weighted by Gasteiger charge is 2.20. The van der Waals surface area contributed by atoms with Crippen molar-refractivity contribution in [3.05, 3.63) is 107 Å². The van der Waals surface area contributed by atoms with Gasteiger partial charge in [-0.2, -0.15) is 0 Å². The van der Waals surface area contributed by atoms with Crippen molar-refractivity contribution in [2.24, 2.45) is 0 Å². The molecule has 1 aliphatic rings. The standard InChI is InChI=1S/C31H36/c1-3-5-7-9-25-12-16-27(17-13-25)29-19-21-30-22-28(18-20-31(30)23-29)26-14-10-24(11-15-26)8-6-4-2/h3,5,10-18,20,22,29H,4,6-9,19,21,23H2,1-2H3/b5-3+. The molecule has 0 nitrogen and oxygen atoms in total. The Labute approximate surface area is 189 Å². The summed E-state index contributed by atoms with van der Waals surface area (Å²) in [6.45, 7) is 4.35. The lowest BCUT2D eigenvalue weighted by atomic mass is 9.79. The average molecular weight is 409 g/mol. The summed E-state index contributed by atoms with van der Waals surface area (Å²) in [5.41, 5.74) is 10.2. The van der Waals surface area contributed by atoms with Crippen molar-refractivity contribution in [1.82, 2.24) is 0 Å². The van der Waals surface area contributed by atoms with Crippen LogP contribution in [-0.4, -0.2) is 0 Å². The van der Waals surface area contributed by atoms with E-state index in [0.29, 0.717) is 5.92 Å². The summed E-state index contributed by atoms with van der Waals surface area (Å²) >= 11 is 0. The van der Waals surface area contributed by atoms with Gasteiger partial charge in [0.05, 0.1) is 0 Å². The Morgan fingerprint density at radius 3 is 2.26 bits per heavy atom. The summed E-state index contributed by atoms with van der Waals surface area (Å²) < 4.78 is 0. The van der Waals surface area contributed by atoms with E-state index in [1.807, 2.05) is 0 Å². The maximum atomic E-state index is 2.44. The van der Waals surface area contributed by atoms with Crippen LogP contribution in [0.3, 0.4) is 0 Å². The van der Waals surface area contributed by atoms with Gasteiger partial charge in [0, 0.05) is 0 Å². The Morgan fingerprint density at radius 2 is 1.52 bits per heavy atom. The minimum Gasteiger partial charge on any atom is -0.0917 e. The fourth-order valence-corrected chi connectivity index (χ4v) is 4.84. The number of allylic oxidation sites excluding steroid dienone is 2. The predicted octanol–water partition coefficient (Wildman–Crippen LogP) is 8.48. The van der Waals surface area contributed by atoms with Crippen molar-refractivity contribution >= 4 is 0 Å². The average Bonchev–Trinajstić information content (AvgIpc) is 2.83. The van der Waals surface area contributed by atoms with E-state index in [1.165, 1.54) is 71.9 Å². The van der Waals surface area contributed by atoms with E-state index >= 15 is 0 Å². The summed E-state index contributed by atoms with van der Waals surface area (Å²) in [4.78, 5) is 0. The molecule has 4 rings (SSSR count). The van der Waals surface area contributed by atoms with Crippen molar-refractivity contribution in [2.45, 2.75) is 71.1 Å². The van der Waals surface area contributed by atoms with E-state index in [9.17, 15) is 0 Å². The molecule has 3 aromatic carbocycles. The molecule has 0 radical (unpaired) electrons. The number of unbranched alkanes of at least 4 members (excludes halogenated alkanes) is 1. The number of fused-ring (bicyclic) bond motifs is 1. The highest BCUT2D eigenvalue weighted by Crippen LogP contribution is 2.35. The molecule has 1 unspecified atom stereocenters. The third-order valence-electron chi connectivity index (χ3n) is 6.83. The highest BCUT2D eigenvalue weighted by molar-refractivity contribution is 5.65. The van der Waals surface area contributed by atoms with Crippen molar-refractivity contribution in [3.8, 4) is 11.1 Å². The van der Waals surface area contributed by atoms with E-state index in [1.54, 1.807) is 5.56 Å². The first-order valence-corrected chi connectivity index (χ1v) is 12.2. The largest absolute Gasteiger partial charge is 0.0917 e. The zero-order valence-electron chi connectivity index (χ0n) is 19.2. The second kappa shape index (κ2) is 10.6. The molecule has 0 amide bonds. The molecule has 1 atom stereocenters. The Kier molecular flexibility index (Phi) is 7.41. The molecule has 0 saturated carbocycles. The summed E-state index contributed by atoms with van der Waals surface area (Å²) in [6.07, 6.45) is 14.0.